The highest BCUT2D eigenvalue weighted by molar-refractivity contribution is 5.98. The second-order valence-electron chi connectivity index (χ2n) is 2.87. The van der Waals surface area contributed by atoms with Crippen LogP contribution in [0, 0.1) is 10.1 Å². The molecule has 0 atom stereocenters. The summed E-state index contributed by atoms with van der Waals surface area (Å²) in [5.41, 5.74) is -0.697. The van der Waals surface area contributed by atoms with Gasteiger partial charge in [0.2, 0.25) is 0 Å². The molecule has 0 spiro atoms. The number of ketones is 1. The van der Waals surface area contributed by atoms with Crippen LogP contribution in [0.25, 0.3) is 0 Å². The number of nitro groups is 1. The molecule has 1 aromatic rings. The van der Waals surface area contributed by atoms with Gasteiger partial charge >= 0.3 is 6.61 Å². The Hall–Kier alpha value is -2.05. The maximum atomic E-state index is 11.9. The van der Waals surface area contributed by atoms with Gasteiger partial charge in [-0.15, -0.1) is 0 Å². The number of carbonyl (C=O) groups excluding carboxylic acids is 1. The van der Waals surface area contributed by atoms with E-state index in [2.05, 4.69) is 4.74 Å². The summed E-state index contributed by atoms with van der Waals surface area (Å²) in [6, 6.07) is 2.89. The minimum atomic E-state index is -3.04. The number of hydrogen-bond acceptors (Lipinski definition) is 4. The molecule has 1 rings (SSSR count). The van der Waals surface area contributed by atoms with E-state index in [4.69, 9.17) is 0 Å². The van der Waals surface area contributed by atoms with Gasteiger partial charge in [0.05, 0.1) is 10.5 Å². The van der Waals surface area contributed by atoms with Crippen molar-refractivity contribution in [3.63, 3.8) is 0 Å². The third kappa shape index (κ3) is 2.72. The number of rotatable bonds is 4. The van der Waals surface area contributed by atoms with Crippen molar-refractivity contribution in [1.82, 2.24) is 0 Å². The first kappa shape index (κ1) is 12.0. The van der Waals surface area contributed by atoms with E-state index in [9.17, 15) is 23.7 Å². The highest BCUT2D eigenvalue weighted by Crippen LogP contribution is 2.25. The highest BCUT2D eigenvalue weighted by atomic mass is 19.3. The van der Waals surface area contributed by atoms with Crippen LogP contribution in [0.2, 0.25) is 0 Å². The average Bonchev–Trinajstić information content (AvgIpc) is 2.16. The fourth-order valence-corrected chi connectivity index (χ4v) is 1.13. The van der Waals surface area contributed by atoms with Crippen LogP contribution >= 0.6 is 0 Å². The predicted molar refractivity (Wildman–Crippen MR) is 49.7 cm³/mol. The molecule has 7 heteroatoms. The fraction of sp³-hybridized carbons (Fsp3) is 0.222. The molecule has 0 saturated carbocycles. The van der Waals surface area contributed by atoms with Crippen molar-refractivity contribution in [2.24, 2.45) is 0 Å². The third-order valence-corrected chi connectivity index (χ3v) is 1.77. The van der Waals surface area contributed by atoms with Gasteiger partial charge in [-0.1, -0.05) is 0 Å². The van der Waals surface area contributed by atoms with E-state index in [-0.39, 0.29) is 11.3 Å². The van der Waals surface area contributed by atoms with Crippen molar-refractivity contribution in [2.45, 2.75) is 13.5 Å². The van der Waals surface area contributed by atoms with Gasteiger partial charge in [0, 0.05) is 6.07 Å². The Morgan fingerprint density at radius 3 is 2.56 bits per heavy atom. The molecule has 0 amide bonds. The van der Waals surface area contributed by atoms with Crippen molar-refractivity contribution in [3.8, 4) is 5.75 Å². The Labute approximate surface area is 88.8 Å². The maximum Gasteiger partial charge on any atom is 0.387 e. The van der Waals surface area contributed by atoms with Crippen molar-refractivity contribution in [3.05, 3.63) is 33.9 Å². The van der Waals surface area contributed by atoms with Crippen LogP contribution in [-0.2, 0) is 0 Å². The lowest BCUT2D eigenvalue weighted by atomic mass is 10.1. The van der Waals surface area contributed by atoms with Gasteiger partial charge in [-0.25, -0.2) is 0 Å². The monoisotopic (exact) mass is 231 g/mol. The number of hydrogen-bond donors (Lipinski definition) is 0. The Kier molecular flexibility index (Phi) is 3.49. The van der Waals surface area contributed by atoms with Gasteiger partial charge < -0.3 is 4.74 Å². The summed E-state index contributed by atoms with van der Waals surface area (Å²) in [7, 11) is 0. The minimum absolute atomic E-state index is 0.261. The standard InChI is InChI=1S/C9H7F2NO4/c1-5(13)7-4-6(16-9(10)11)2-3-8(7)12(14)15/h2-4,9H,1H3. The molecule has 0 unspecified atom stereocenters. The predicted octanol–water partition coefficient (Wildman–Crippen LogP) is 2.40. The molecular formula is C9H7F2NO4. The number of nitro benzene ring substituents is 1. The zero-order chi connectivity index (χ0) is 12.3. The summed E-state index contributed by atoms with van der Waals surface area (Å²) >= 11 is 0. The largest absolute Gasteiger partial charge is 0.435 e. The minimum Gasteiger partial charge on any atom is -0.435 e. The van der Waals surface area contributed by atoms with E-state index >= 15 is 0 Å². The van der Waals surface area contributed by atoms with Crippen LogP contribution < -0.4 is 4.74 Å². The van der Waals surface area contributed by atoms with Gasteiger partial charge in [-0.05, 0) is 19.1 Å². The van der Waals surface area contributed by atoms with Crippen LogP contribution in [0.1, 0.15) is 17.3 Å². The zero-order valence-corrected chi connectivity index (χ0v) is 8.15. The number of nitrogens with zero attached hydrogens (tertiary/aromatic N) is 1. The second kappa shape index (κ2) is 4.65. The first-order chi connectivity index (χ1) is 7.41. The van der Waals surface area contributed by atoms with Gasteiger partial charge in [0.15, 0.2) is 5.78 Å². The van der Waals surface area contributed by atoms with Gasteiger partial charge in [0.25, 0.3) is 5.69 Å². The van der Waals surface area contributed by atoms with E-state index in [1.807, 2.05) is 0 Å². The van der Waals surface area contributed by atoms with E-state index in [0.29, 0.717) is 0 Å². The molecule has 0 heterocycles. The first-order valence-corrected chi connectivity index (χ1v) is 4.16. The molecule has 0 radical (unpaired) electrons. The topological polar surface area (TPSA) is 69.4 Å². The number of benzene rings is 1. The number of alkyl halides is 2. The molecule has 86 valence electrons. The van der Waals surface area contributed by atoms with Crippen LogP contribution in [0.4, 0.5) is 14.5 Å². The quantitative estimate of drug-likeness (QED) is 0.453. The zero-order valence-electron chi connectivity index (χ0n) is 8.15. The van der Waals surface area contributed by atoms with Crippen LogP contribution in [-0.4, -0.2) is 17.3 Å². The summed E-state index contributed by atoms with van der Waals surface area (Å²) in [5.74, 6) is -0.878. The van der Waals surface area contributed by atoms with Crippen LogP contribution in [0.5, 0.6) is 5.75 Å². The third-order valence-electron chi connectivity index (χ3n) is 1.77. The molecule has 0 aliphatic carbocycles. The Morgan fingerprint density at radius 2 is 2.12 bits per heavy atom. The molecule has 0 saturated heterocycles. The lowest BCUT2D eigenvalue weighted by molar-refractivity contribution is -0.385. The van der Waals surface area contributed by atoms with E-state index in [1.165, 1.54) is 0 Å². The van der Waals surface area contributed by atoms with Crippen molar-refractivity contribution >= 4 is 11.5 Å². The molecule has 0 fully saturated rings. The number of halogens is 2. The van der Waals surface area contributed by atoms with Gasteiger partial charge in [-0.3, -0.25) is 14.9 Å². The Balaban J connectivity index is 3.17. The molecule has 0 N–H and O–H groups in total. The first-order valence-electron chi connectivity index (χ1n) is 4.16. The SMILES string of the molecule is CC(=O)c1cc(OC(F)F)ccc1[N+](=O)[O-]. The molecule has 1 aromatic carbocycles. The van der Waals surface area contributed by atoms with Crippen LogP contribution in [0.15, 0.2) is 18.2 Å². The summed E-state index contributed by atoms with van der Waals surface area (Å²) in [6.45, 7) is -1.93. The number of carbonyl (C=O) groups is 1. The molecule has 0 aromatic heterocycles. The molecule has 0 bridgehead atoms. The average molecular weight is 231 g/mol. The summed E-state index contributed by atoms with van der Waals surface area (Å²) < 4.78 is 27.8. The van der Waals surface area contributed by atoms with Gasteiger partial charge in [0.1, 0.15) is 5.75 Å². The smallest absolute Gasteiger partial charge is 0.387 e. The Morgan fingerprint density at radius 1 is 1.50 bits per heavy atom. The highest BCUT2D eigenvalue weighted by Gasteiger charge is 2.18. The second-order valence-corrected chi connectivity index (χ2v) is 2.87. The Bertz CT molecular complexity index is 434. The van der Waals surface area contributed by atoms with Crippen LogP contribution in [0.3, 0.4) is 0 Å². The lowest BCUT2D eigenvalue weighted by Gasteiger charge is -2.05. The summed E-state index contributed by atoms with van der Waals surface area (Å²) in [4.78, 5) is 20.8. The van der Waals surface area contributed by atoms with Crippen molar-refractivity contribution in [2.75, 3.05) is 0 Å². The van der Waals surface area contributed by atoms with E-state index in [0.717, 1.165) is 25.1 Å². The normalized spacial score (nSPS) is 10.2. The summed E-state index contributed by atoms with van der Waals surface area (Å²) in [6.07, 6.45) is 0. The van der Waals surface area contributed by atoms with Gasteiger partial charge in [-0.2, -0.15) is 8.78 Å². The molecule has 0 aliphatic heterocycles. The summed E-state index contributed by atoms with van der Waals surface area (Å²) in [5, 5.41) is 10.5. The molecule has 0 aliphatic rings. The van der Waals surface area contributed by atoms with Crippen molar-refractivity contribution in [1.29, 1.82) is 0 Å². The van der Waals surface area contributed by atoms with E-state index < -0.39 is 23.0 Å². The number of ether oxygens (including phenoxy) is 1. The van der Waals surface area contributed by atoms with Crippen molar-refractivity contribution < 1.29 is 23.2 Å². The maximum absolute atomic E-state index is 11.9. The number of Topliss-reactive ketones (excluding diaryl/α,β-unsaturated/α-hetero) is 1. The molecule has 5 nitrogen and oxygen atoms in total. The molecule has 16 heavy (non-hydrogen) atoms. The lowest BCUT2D eigenvalue weighted by Crippen LogP contribution is -2.05. The fourth-order valence-electron chi connectivity index (χ4n) is 1.13. The van der Waals surface area contributed by atoms with E-state index in [1.54, 1.807) is 0 Å². The molecular weight excluding hydrogens is 224 g/mol.